The van der Waals surface area contributed by atoms with Gasteiger partial charge in [-0.1, -0.05) is 0 Å². The van der Waals surface area contributed by atoms with E-state index in [4.69, 9.17) is 6.42 Å². The molecule has 0 bridgehead atoms. The maximum absolute atomic E-state index is 9.27. The zero-order valence-electron chi connectivity index (χ0n) is 12.9. The van der Waals surface area contributed by atoms with E-state index in [1.807, 2.05) is 0 Å². The monoisotopic (exact) mass is 329 g/mol. The van der Waals surface area contributed by atoms with Crippen molar-refractivity contribution in [2.75, 3.05) is 40.0 Å². The highest BCUT2D eigenvalue weighted by Crippen LogP contribution is 2.18. The van der Waals surface area contributed by atoms with Crippen molar-refractivity contribution >= 4 is 23.1 Å². The first-order chi connectivity index (χ1) is 9.96. The normalized spacial score (nSPS) is 13.1. The Bertz CT molecular complexity index is 456. The van der Waals surface area contributed by atoms with E-state index in [-0.39, 0.29) is 0 Å². The van der Waals surface area contributed by atoms with Crippen molar-refractivity contribution in [2.24, 2.45) is 0 Å². The van der Waals surface area contributed by atoms with Gasteiger partial charge in [0.2, 0.25) is 0 Å². The average Bonchev–Trinajstić information content (AvgIpc) is 2.84. The summed E-state index contributed by atoms with van der Waals surface area (Å²) in [7, 11) is 5.95. The molecule has 5 nitrogen and oxygen atoms in total. The van der Waals surface area contributed by atoms with Gasteiger partial charge in [0.1, 0.15) is 18.1 Å². The van der Waals surface area contributed by atoms with Crippen molar-refractivity contribution < 1.29 is 9.59 Å². The highest BCUT2D eigenvalue weighted by Gasteiger charge is 2.16. The second-order valence-corrected chi connectivity index (χ2v) is 7.43. The van der Waals surface area contributed by atoms with Crippen molar-refractivity contribution in [2.45, 2.75) is 18.6 Å². The summed E-state index contributed by atoms with van der Waals surface area (Å²) in [5.41, 5.74) is 1.12. The van der Waals surface area contributed by atoms with E-state index in [0.717, 1.165) is 39.8 Å². The second-order valence-electron chi connectivity index (χ2n) is 5.39. The Labute approximate surface area is 135 Å². The van der Waals surface area contributed by atoms with Gasteiger partial charge in [0.05, 0.1) is 19.8 Å². The zero-order chi connectivity index (χ0) is 15.7. The summed E-state index contributed by atoms with van der Waals surface area (Å²) >= 11 is 3.51. The summed E-state index contributed by atoms with van der Waals surface area (Å²) in [6, 6.07) is 0. The summed E-state index contributed by atoms with van der Waals surface area (Å²) < 4.78 is 0.766. The molecule has 1 heterocycles. The van der Waals surface area contributed by atoms with Gasteiger partial charge in [0.25, 0.3) is 0 Å². The van der Waals surface area contributed by atoms with Crippen LogP contribution in [-0.2, 0) is 12.3 Å². The molecule has 1 unspecified atom stereocenters. The SMILES string of the molecule is C#CC[N+](C)(C)Cc1nc(CSCCNC(O)NC)cs1. The van der Waals surface area contributed by atoms with Crippen LogP contribution in [0.5, 0.6) is 0 Å². The summed E-state index contributed by atoms with van der Waals surface area (Å²) in [6.07, 6.45) is 4.75. The Balaban J connectivity index is 2.28. The fraction of sp³-hybridized carbons (Fsp3) is 0.643. The summed E-state index contributed by atoms with van der Waals surface area (Å²) in [6.45, 7) is 2.34. The molecule has 0 amide bonds. The molecule has 0 radical (unpaired) electrons. The minimum Gasteiger partial charge on any atom is -0.365 e. The molecule has 0 spiro atoms. The molecule has 118 valence electrons. The van der Waals surface area contributed by atoms with Crippen LogP contribution < -0.4 is 10.6 Å². The standard InChI is InChI=1S/C14H25N4OS2/c1-5-7-18(3,4)9-13-17-12(11-21-13)10-20-8-6-16-14(19)15-2/h1,11,14-16,19H,6-10H2,2-4H3/q+1. The Morgan fingerprint density at radius 2 is 2.33 bits per heavy atom. The lowest BCUT2D eigenvalue weighted by molar-refractivity contribution is -0.896. The Morgan fingerprint density at radius 1 is 1.57 bits per heavy atom. The van der Waals surface area contributed by atoms with Gasteiger partial charge in [-0.15, -0.1) is 17.8 Å². The van der Waals surface area contributed by atoms with E-state index in [1.165, 1.54) is 0 Å². The van der Waals surface area contributed by atoms with Crippen LogP contribution in [0.1, 0.15) is 10.7 Å². The van der Waals surface area contributed by atoms with Crippen LogP contribution >= 0.6 is 23.1 Å². The van der Waals surface area contributed by atoms with Gasteiger partial charge >= 0.3 is 0 Å². The lowest BCUT2D eigenvalue weighted by atomic mass is 10.4. The number of nitrogens with one attached hydrogen (secondary N) is 2. The number of terminal acetylenes is 1. The Kier molecular flexibility index (Phi) is 8.26. The van der Waals surface area contributed by atoms with Gasteiger partial charge in [-0.3, -0.25) is 10.6 Å². The number of hydrogen-bond acceptors (Lipinski definition) is 6. The summed E-state index contributed by atoms with van der Waals surface area (Å²) in [4.78, 5) is 4.66. The molecule has 0 aliphatic rings. The topological polar surface area (TPSA) is 57.2 Å². The van der Waals surface area contributed by atoms with Crippen LogP contribution in [0, 0.1) is 12.3 Å². The van der Waals surface area contributed by atoms with Gasteiger partial charge in [-0.05, 0) is 13.0 Å². The highest BCUT2D eigenvalue weighted by molar-refractivity contribution is 7.98. The number of aliphatic hydroxyl groups excluding tert-OH is 1. The van der Waals surface area contributed by atoms with Crippen LogP contribution in [0.25, 0.3) is 0 Å². The number of thioether (sulfide) groups is 1. The van der Waals surface area contributed by atoms with Crippen LogP contribution in [0.2, 0.25) is 0 Å². The van der Waals surface area contributed by atoms with Gasteiger partial charge in [0.15, 0.2) is 6.35 Å². The van der Waals surface area contributed by atoms with E-state index in [9.17, 15) is 5.11 Å². The molecule has 0 saturated carbocycles. The minimum atomic E-state index is -0.632. The molecular weight excluding hydrogens is 304 g/mol. The molecule has 1 aromatic rings. The highest BCUT2D eigenvalue weighted by atomic mass is 32.2. The largest absolute Gasteiger partial charge is 0.365 e. The third-order valence-corrected chi connectivity index (χ3v) is 4.66. The van der Waals surface area contributed by atoms with Crippen molar-refractivity contribution in [3.8, 4) is 12.3 Å². The third kappa shape index (κ3) is 7.81. The Hall–Kier alpha value is -0.620. The summed E-state index contributed by atoms with van der Waals surface area (Å²) in [5.74, 6) is 4.54. The number of rotatable bonds is 10. The predicted octanol–water partition coefficient (Wildman–Crippen LogP) is 0.671. The third-order valence-electron chi connectivity index (χ3n) is 2.79. The average molecular weight is 330 g/mol. The van der Waals surface area contributed by atoms with Crippen molar-refractivity contribution in [3.63, 3.8) is 0 Å². The second kappa shape index (κ2) is 9.41. The van der Waals surface area contributed by atoms with Gasteiger partial charge < -0.3 is 9.59 Å². The van der Waals surface area contributed by atoms with Crippen LogP contribution in [0.3, 0.4) is 0 Å². The maximum atomic E-state index is 9.27. The van der Waals surface area contributed by atoms with E-state index >= 15 is 0 Å². The van der Waals surface area contributed by atoms with Crippen molar-refractivity contribution in [1.29, 1.82) is 0 Å². The number of aliphatic hydroxyl groups is 1. The molecule has 0 aromatic carbocycles. The fourth-order valence-electron chi connectivity index (χ4n) is 1.70. The summed E-state index contributed by atoms with van der Waals surface area (Å²) in [5, 5.41) is 18.2. The maximum Gasteiger partial charge on any atom is 0.160 e. The van der Waals surface area contributed by atoms with Crippen LogP contribution in [0.4, 0.5) is 0 Å². The minimum absolute atomic E-state index is 0.632. The van der Waals surface area contributed by atoms with E-state index < -0.39 is 6.35 Å². The van der Waals surface area contributed by atoms with Gasteiger partial charge in [-0.25, -0.2) is 4.98 Å². The predicted molar refractivity (Wildman–Crippen MR) is 90.9 cm³/mol. The van der Waals surface area contributed by atoms with E-state index in [2.05, 4.69) is 41.0 Å². The first kappa shape index (κ1) is 18.4. The quantitative estimate of drug-likeness (QED) is 0.255. The molecule has 0 aliphatic heterocycles. The van der Waals surface area contributed by atoms with Crippen molar-refractivity contribution in [1.82, 2.24) is 15.6 Å². The number of nitrogens with zero attached hydrogens (tertiary/aromatic N) is 2. The molecule has 3 N–H and O–H groups in total. The molecule has 0 fully saturated rings. The lowest BCUT2D eigenvalue weighted by Crippen LogP contribution is -2.40. The number of aromatic nitrogens is 1. The van der Waals surface area contributed by atoms with Gasteiger partial charge in [0, 0.05) is 23.4 Å². The lowest BCUT2D eigenvalue weighted by Gasteiger charge is -2.25. The fourth-order valence-corrected chi connectivity index (χ4v) is 3.57. The van der Waals surface area contributed by atoms with Crippen LogP contribution in [-0.4, -0.2) is 60.9 Å². The molecule has 7 heteroatoms. The Morgan fingerprint density at radius 3 is 3.00 bits per heavy atom. The zero-order valence-corrected chi connectivity index (χ0v) is 14.6. The molecule has 1 rings (SSSR count). The van der Waals surface area contributed by atoms with E-state index in [1.54, 1.807) is 30.1 Å². The van der Waals surface area contributed by atoms with Crippen molar-refractivity contribution in [3.05, 3.63) is 16.1 Å². The molecular formula is C14H25N4OS2+. The number of thiazole rings is 1. The number of quaternary nitrogens is 1. The molecule has 0 aliphatic carbocycles. The first-order valence-electron chi connectivity index (χ1n) is 6.82. The molecule has 21 heavy (non-hydrogen) atoms. The smallest absolute Gasteiger partial charge is 0.160 e. The molecule has 0 saturated heterocycles. The van der Waals surface area contributed by atoms with Gasteiger partial charge in [-0.2, -0.15) is 11.8 Å². The number of hydrogen-bond donors (Lipinski definition) is 3. The van der Waals surface area contributed by atoms with Crippen LogP contribution in [0.15, 0.2) is 5.38 Å². The first-order valence-corrected chi connectivity index (χ1v) is 8.85. The molecule has 1 atom stereocenters. The molecule has 1 aromatic heterocycles. The van der Waals surface area contributed by atoms with E-state index in [0.29, 0.717) is 6.54 Å².